The van der Waals surface area contributed by atoms with E-state index in [4.69, 9.17) is 5.73 Å². The molecule has 0 radical (unpaired) electrons. The number of anilines is 1. The first-order valence-electron chi connectivity index (χ1n) is 6.02. The monoisotopic (exact) mass is 242 g/mol. The highest BCUT2D eigenvalue weighted by molar-refractivity contribution is 5.41. The van der Waals surface area contributed by atoms with Gasteiger partial charge in [-0.25, -0.2) is 4.98 Å². The van der Waals surface area contributed by atoms with Gasteiger partial charge in [-0.2, -0.15) is 0 Å². The lowest BCUT2D eigenvalue weighted by atomic mass is 9.99. The summed E-state index contributed by atoms with van der Waals surface area (Å²) < 4.78 is 0. The fourth-order valence-corrected chi connectivity index (χ4v) is 1.98. The van der Waals surface area contributed by atoms with Crippen LogP contribution in [0.3, 0.4) is 0 Å². The number of benzene rings is 1. The summed E-state index contributed by atoms with van der Waals surface area (Å²) in [4.78, 5) is 3.99. The van der Waals surface area contributed by atoms with Crippen LogP contribution in [0.25, 0.3) is 0 Å². The molecule has 2 aromatic rings. The van der Waals surface area contributed by atoms with Crippen LogP contribution in [0.15, 0.2) is 36.5 Å². The maximum Gasteiger partial charge on any atom is 0.129 e. The first kappa shape index (κ1) is 12.6. The van der Waals surface area contributed by atoms with Crippen molar-refractivity contribution >= 4 is 5.82 Å². The Balaban J connectivity index is 2.19. The highest BCUT2D eigenvalue weighted by Gasteiger charge is 2.12. The van der Waals surface area contributed by atoms with E-state index in [0.717, 1.165) is 5.56 Å². The van der Waals surface area contributed by atoms with Crippen molar-refractivity contribution in [2.24, 2.45) is 0 Å². The van der Waals surface area contributed by atoms with Gasteiger partial charge in [0, 0.05) is 18.2 Å². The molecule has 0 spiro atoms. The van der Waals surface area contributed by atoms with E-state index in [0.29, 0.717) is 17.8 Å². The number of rotatable bonds is 3. The standard InChI is InChI=1S/C15H18N2O/c1-10-5-6-12(8-11(10)2)9-14(18)13-4-3-7-17-15(13)16/h3-8,14,18H,9H2,1-2H3,(H2,16,17). The van der Waals surface area contributed by atoms with Crippen molar-refractivity contribution in [3.63, 3.8) is 0 Å². The molecule has 3 heteroatoms. The van der Waals surface area contributed by atoms with Crippen molar-refractivity contribution in [1.29, 1.82) is 0 Å². The van der Waals surface area contributed by atoms with Gasteiger partial charge in [-0.05, 0) is 36.6 Å². The van der Waals surface area contributed by atoms with E-state index in [-0.39, 0.29) is 0 Å². The lowest BCUT2D eigenvalue weighted by molar-refractivity contribution is 0.179. The largest absolute Gasteiger partial charge is 0.388 e. The SMILES string of the molecule is Cc1ccc(CC(O)c2cccnc2N)cc1C. The normalized spacial score (nSPS) is 12.4. The molecule has 0 aliphatic heterocycles. The van der Waals surface area contributed by atoms with E-state index < -0.39 is 6.10 Å². The molecule has 3 nitrogen and oxygen atoms in total. The predicted octanol–water partition coefficient (Wildman–Crippen LogP) is 2.56. The molecule has 1 aromatic heterocycles. The summed E-state index contributed by atoms with van der Waals surface area (Å²) >= 11 is 0. The van der Waals surface area contributed by atoms with Crippen LogP contribution < -0.4 is 5.73 Å². The summed E-state index contributed by atoms with van der Waals surface area (Å²) in [5.41, 5.74) is 10.0. The molecule has 0 fully saturated rings. The first-order valence-corrected chi connectivity index (χ1v) is 6.02. The molecule has 2 rings (SSSR count). The Morgan fingerprint density at radius 1 is 1.22 bits per heavy atom. The Morgan fingerprint density at radius 2 is 2.00 bits per heavy atom. The Labute approximate surface area is 107 Å². The molecule has 0 amide bonds. The minimum Gasteiger partial charge on any atom is -0.388 e. The summed E-state index contributed by atoms with van der Waals surface area (Å²) in [6.07, 6.45) is 1.57. The van der Waals surface area contributed by atoms with Gasteiger partial charge in [0.05, 0.1) is 6.10 Å². The van der Waals surface area contributed by atoms with Gasteiger partial charge in [0.15, 0.2) is 0 Å². The minimum absolute atomic E-state index is 0.397. The molecule has 1 atom stereocenters. The van der Waals surface area contributed by atoms with Gasteiger partial charge in [-0.1, -0.05) is 24.3 Å². The molecular weight excluding hydrogens is 224 g/mol. The summed E-state index contributed by atoms with van der Waals surface area (Å²) in [6, 6.07) is 9.82. The predicted molar refractivity (Wildman–Crippen MR) is 73.2 cm³/mol. The van der Waals surface area contributed by atoms with Crippen LogP contribution in [0.1, 0.15) is 28.4 Å². The number of aliphatic hydroxyl groups is 1. The fraction of sp³-hybridized carbons (Fsp3) is 0.267. The zero-order valence-electron chi connectivity index (χ0n) is 10.7. The van der Waals surface area contributed by atoms with Crippen LogP contribution in [-0.2, 0) is 6.42 Å². The van der Waals surface area contributed by atoms with Gasteiger partial charge in [-0.3, -0.25) is 0 Å². The smallest absolute Gasteiger partial charge is 0.129 e. The average molecular weight is 242 g/mol. The van der Waals surface area contributed by atoms with Gasteiger partial charge >= 0.3 is 0 Å². The van der Waals surface area contributed by atoms with Gasteiger partial charge in [0.25, 0.3) is 0 Å². The topological polar surface area (TPSA) is 59.1 Å². The zero-order chi connectivity index (χ0) is 13.1. The van der Waals surface area contributed by atoms with E-state index in [1.54, 1.807) is 12.3 Å². The van der Waals surface area contributed by atoms with E-state index in [2.05, 4.69) is 31.0 Å². The van der Waals surface area contributed by atoms with Crippen LogP contribution >= 0.6 is 0 Å². The number of nitrogen functional groups attached to an aromatic ring is 1. The molecule has 0 saturated carbocycles. The number of aryl methyl sites for hydroxylation is 2. The molecule has 1 heterocycles. The fourth-order valence-electron chi connectivity index (χ4n) is 1.98. The van der Waals surface area contributed by atoms with Crippen molar-refractivity contribution in [1.82, 2.24) is 4.98 Å². The van der Waals surface area contributed by atoms with Crippen LogP contribution in [0, 0.1) is 13.8 Å². The number of pyridine rings is 1. The Hall–Kier alpha value is -1.87. The third-order valence-corrected chi connectivity index (χ3v) is 3.23. The van der Waals surface area contributed by atoms with Gasteiger partial charge in [-0.15, -0.1) is 0 Å². The molecule has 1 unspecified atom stereocenters. The minimum atomic E-state index is -0.610. The number of nitrogens with two attached hydrogens (primary N) is 1. The lowest BCUT2D eigenvalue weighted by Gasteiger charge is -2.13. The molecule has 18 heavy (non-hydrogen) atoms. The molecule has 1 aromatic carbocycles. The van der Waals surface area contributed by atoms with Crippen LogP contribution in [0.2, 0.25) is 0 Å². The van der Waals surface area contributed by atoms with Crippen molar-refractivity contribution < 1.29 is 5.11 Å². The van der Waals surface area contributed by atoms with Gasteiger partial charge in [0.1, 0.15) is 5.82 Å². The third kappa shape index (κ3) is 2.68. The quantitative estimate of drug-likeness (QED) is 0.869. The molecule has 3 N–H and O–H groups in total. The lowest BCUT2D eigenvalue weighted by Crippen LogP contribution is -2.06. The van der Waals surface area contributed by atoms with E-state index in [1.165, 1.54) is 11.1 Å². The number of hydrogen-bond donors (Lipinski definition) is 2. The van der Waals surface area contributed by atoms with E-state index >= 15 is 0 Å². The molecule has 0 bridgehead atoms. The van der Waals surface area contributed by atoms with Gasteiger partial charge in [0.2, 0.25) is 0 Å². The second kappa shape index (κ2) is 5.19. The van der Waals surface area contributed by atoms with Crippen LogP contribution in [0.4, 0.5) is 5.82 Å². The number of hydrogen-bond acceptors (Lipinski definition) is 3. The third-order valence-electron chi connectivity index (χ3n) is 3.23. The summed E-state index contributed by atoms with van der Waals surface area (Å²) in [7, 11) is 0. The Kier molecular flexibility index (Phi) is 3.63. The summed E-state index contributed by atoms with van der Waals surface area (Å²) in [5.74, 6) is 0.397. The highest BCUT2D eigenvalue weighted by Crippen LogP contribution is 2.22. The highest BCUT2D eigenvalue weighted by atomic mass is 16.3. The maximum absolute atomic E-state index is 10.2. The van der Waals surface area contributed by atoms with Crippen molar-refractivity contribution in [3.8, 4) is 0 Å². The Morgan fingerprint density at radius 3 is 2.67 bits per heavy atom. The number of aromatic nitrogens is 1. The Bertz CT molecular complexity index is 552. The van der Waals surface area contributed by atoms with E-state index in [9.17, 15) is 5.11 Å². The molecule has 0 aliphatic rings. The summed E-state index contributed by atoms with van der Waals surface area (Å²) in [6.45, 7) is 4.15. The molecule has 0 aliphatic carbocycles. The second-order valence-electron chi connectivity index (χ2n) is 4.62. The number of nitrogens with zero attached hydrogens (tertiary/aromatic N) is 1. The summed E-state index contributed by atoms with van der Waals surface area (Å²) in [5, 5.41) is 10.2. The van der Waals surface area contributed by atoms with Crippen LogP contribution in [0.5, 0.6) is 0 Å². The van der Waals surface area contributed by atoms with Crippen molar-refractivity contribution in [2.45, 2.75) is 26.4 Å². The number of aliphatic hydroxyl groups excluding tert-OH is 1. The first-order chi connectivity index (χ1) is 8.58. The molecule has 0 saturated heterocycles. The maximum atomic E-state index is 10.2. The molecule has 94 valence electrons. The molecular formula is C15H18N2O. The van der Waals surface area contributed by atoms with Crippen molar-refractivity contribution in [3.05, 3.63) is 58.8 Å². The average Bonchev–Trinajstić information content (AvgIpc) is 2.34. The van der Waals surface area contributed by atoms with E-state index in [1.807, 2.05) is 12.1 Å². The van der Waals surface area contributed by atoms with Crippen molar-refractivity contribution in [2.75, 3.05) is 5.73 Å². The second-order valence-corrected chi connectivity index (χ2v) is 4.62. The van der Waals surface area contributed by atoms with Crippen LogP contribution in [-0.4, -0.2) is 10.1 Å². The van der Waals surface area contributed by atoms with Gasteiger partial charge < -0.3 is 10.8 Å². The zero-order valence-corrected chi connectivity index (χ0v) is 10.7.